The van der Waals surface area contributed by atoms with Gasteiger partial charge in [-0.1, -0.05) is 18.2 Å². The first kappa shape index (κ1) is 18.7. The van der Waals surface area contributed by atoms with E-state index >= 15 is 0 Å². The van der Waals surface area contributed by atoms with Crippen molar-refractivity contribution in [3.63, 3.8) is 0 Å². The van der Waals surface area contributed by atoms with Gasteiger partial charge in [-0.2, -0.15) is 0 Å². The van der Waals surface area contributed by atoms with Crippen LogP contribution in [0, 0.1) is 5.92 Å². The minimum Gasteiger partial charge on any atom is -0.368 e. The lowest BCUT2D eigenvalue weighted by Crippen LogP contribution is -2.59. The van der Waals surface area contributed by atoms with E-state index in [4.69, 9.17) is 0 Å². The number of para-hydroxylation sites is 1. The summed E-state index contributed by atoms with van der Waals surface area (Å²) in [4.78, 5) is 36.0. The highest BCUT2D eigenvalue weighted by Crippen LogP contribution is 2.24. The van der Waals surface area contributed by atoms with E-state index in [2.05, 4.69) is 22.0 Å². The average Bonchev–Trinajstić information content (AvgIpc) is 3.13. The number of nitrogens with zero attached hydrogens (tertiary/aromatic N) is 5. The summed E-state index contributed by atoms with van der Waals surface area (Å²) in [5, 5.41) is 0. The highest BCUT2D eigenvalue weighted by molar-refractivity contribution is 5.98. The fourth-order valence-electron chi connectivity index (χ4n) is 4.33. The van der Waals surface area contributed by atoms with Crippen molar-refractivity contribution in [1.29, 1.82) is 0 Å². The van der Waals surface area contributed by atoms with Gasteiger partial charge >= 0.3 is 0 Å². The van der Waals surface area contributed by atoms with Crippen LogP contribution in [0.2, 0.25) is 0 Å². The number of imidazole rings is 1. The molecule has 7 nitrogen and oxygen atoms in total. The van der Waals surface area contributed by atoms with Crippen molar-refractivity contribution < 1.29 is 9.59 Å². The first-order chi connectivity index (χ1) is 14.6. The molecule has 0 spiro atoms. The molecule has 0 unspecified atom stereocenters. The van der Waals surface area contributed by atoms with Crippen molar-refractivity contribution in [1.82, 2.24) is 19.4 Å². The van der Waals surface area contributed by atoms with Gasteiger partial charge in [-0.05, 0) is 30.3 Å². The predicted molar refractivity (Wildman–Crippen MR) is 115 cm³/mol. The van der Waals surface area contributed by atoms with E-state index in [1.165, 1.54) is 5.69 Å². The topological polar surface area (TPSA) is 61.7 Å². The molecule has 2 aliphatic rings. The number of benzene rings is 2. The van der Waals surface area contributed by atoms with E-state index in [9.17, 15) is 9.59 Å². The molecule has 0 radical (unpaired) electrons. The molecular formula is C23H25N5O2. The van der Waals surface area contributed by atoms with Crippen LogP contribution in [-0.4, -0.2) is 70.4 Å². The lowest BCUT2D eigenvalue weighted by atomic mass is 9.96. The van der Waals surface area contributed by atoms with Crippen LogP contribution in [-0.2, 0) is 11.8 Å². The van der Waals surface area contributed by atoms with Gasteiger partial charge in [0, 0.05) is 57.6 Å². The van der Waals surface area contributed by atoms with Crippen LogP contribution >= 0.6 is 0 Å². The van der Waals surface area contributed by atoms with Crippen molar-refractivity contribution in [2.45, 2.75) is 0 Å². The number of aromatic nitrogens is 2. The number of hydrogen-bond donors (Lipinski definition) is 0. The van der Waals surface area contributed by atoms with Gasteiger partial charge in [-0.15, -0.1) is 0 Å². The summed E-state index contributed by atoms with van der Waals surface area (Å²) in [6.07, 6.45) is 1.74. The van der Waals surface area contributed by atoms with Gasteiger partial charge < -0.3 is 19.3 Å². The number of hydrogen-bond acceptors (Lipinski definition) is 4. The van der Waals surface area contributed by atoms with Gasteiger partial charge in [0.2, 0.25) is 5.91 Å². The zero-order chi connectivity index (χ0) is 20.7. The Morgan fingerprint density at radius 3 is 2.40 bits per heavy atom. The molecule has 3 heterocycles. The molecule has 2 amide bonds. The van der Waals surface area contributed by atoms with Crippen molar-refractivity contribution in [2.75, 3.05) is 44.2 Å². The zero-order valence-electron chi connectivity index (χ0n) is 17.1. The van der Waals surface area contributed by atoms with Crippen LogP contribution in [0.5, 0.6) is 0 Å². The summed E-state index contributed by atoms with van der Waals surface area (Å²) < 4.78 is 1.93. The number of aryl methyl sites for hydroxylation is 1. The van der Waals surface area contributed by atoms with Crippen molar-refractivity contribution in [3.8, 4) is 0 Å². The maximum atomic E-state index is 12.9. The van der Waals surface area contributed by atoms with E-state index in [-0.39, 0.29) is 17.7 Å². The quantitative estimate of drug-likeness (QED) is 0.671. The summed E-state index contributed by atoms with van der Waals surface area (Å²) in [5.41, 5.74) is 3.64. The number of anilines is 1. The normalized spacial score (nSPS) is 17.3. The first-order valence-corrected chi connectivity index (χ1v) is 10.4. The second-order valence-corrected chi connectivity index (χ2v) is 8.11. The minimum atomic E-state index is -0.0872. The lowest BCUT2D eigenvalue weighted by Gasteiger charge is -2.43. The number of fused-ring (bicyclic) bond motifs is 1. The fraction of sp³-hybridized carbons (Fsp3) is 0.348. The van der Waals surface area contributed by atoms with Crippen LogP contribution in [0.25, 0.3) is 11.0 Å². The Balaban J connectivity index is 1.15. The second-order valence-electron chi connectivity index (χ2n) is 8.11. The third kappa shape index (κ3) is 3.30. The molecule has 0 aliphatic carbocycles. The standard InChI is InChI=1S/C23H25N5O2/c1-25-16-24-20-13-17(7-8-21(20)25)22(29)28-14-18(15-28)23(30)27-11-9-26(10-12-27)19-5-3-2-4-6-19/h2-8,13,16,18H,9-12,14-15H2,1H3. The Morgan fingerprint density at radius 2 is 1.67 bits per heavy atom. The lowest BCUT2D eigenvalue weighted by molar-refractivity contribution is -0.140. The molecule has 1 aromatic heterocycles. The molecule has 0 atom stereocenters. The summed E-state index contributed by atoms with van der Waals surface area (Å²) in [6.45, 7) is 4.14. The second kappa shape index (κ2) is 7.48. The summed E-state index contributed by atoms with van der Waals surface area (Å²) in [7, 11) is 1.93. The third-order valence-corrected chi connectivity index (χ3v) is 6.20. The highest BCUT2D eigenvalue weighted by atomic mass is 16.2. The molecule has 2 aromatic carbocycles. The van der Waals surface area contributed by atoms with E-state index in [1.807, 2.05) is 52.9 Å². The summed E-state index contributed by atoms with van der Waals surface area (Å²) in [6, 6.07) is 15.9. The van der Waals surface area contributed by atoms with Gasteiger partial charge in [0.05, 0.1) is 23.3 Å². The Bertz CT molecular complexity index is 1080. The number of carbonyl (C=O) groups excluding carboxylic acids is 2. The van der Waals surface area contributed by atoms with Crippen molar-refractivity contribution in [3.05, 3.63) is 60.4 Å². The molecule has 3 aromatic rings. The van der Waals surface area contributed by atoms with E-state index in [0.717, 1.165) is 37.2 Å². The molecule has 0 saturated carbocycles. The molecule has 2 saturated heterocycles. The van der Waals surface area contributed by atoms with Gasteiger partial charge in [-0.3, -0.25) is 9.59 Å². The van der Waals surface area contributed by atoms with E-state index in [1.54, 1.807) is 11.2 Å². The maximum Gasteiger partial charge on any atom is 0.253 e. The van der Waals surface area contributed by atoms with Crippen molar-refractivity contribution in [2.24, 2.45) is 13.0 Å². The number of likely N-dealkylation sites (tertiary alicyclic amines) is 1. The number of piperazine rings is 1. The number of carbonyl (C=O) groups is 2. The average molecular weight is 403 g/mol. The minimum absolute atomic E-state index is 0.0273. The zero-order valence-corrected chi connectivity index (χ0v) is 17.1. The molecule has 7 heteroatoms. The van der Waals surface area contributed by atoms with E-state index < -0.39 is 0 Å². The molecule has 154 valence electrons. The van der Waals surface area contributed by atoms with Gasteiger partial charge in [0.15, 0.2) is 0 Å². The van der Waals surface area contributed by atoms with Crippen LogP contribution in [0.4, 0.5) is 5.69 Å². The molecular weight excluding hydrogens is 378 g/mol. The molecule has 5 rings (SSSR count). The van der Waals surface area contributed by atoms with Gasteiger partial charge in [-0.25, -0.2) is 4.98 Å². The third-order valence-electron chi connectivity index (χ3n) is 6.20. The molecule has 2 fully saturated rings. The predicted octanol–water partition coefficient (Wildman–Crippen LogP) is 1.99. The molecule has 30 heavy (non-hydrogen) atoms. The van der Waals surface area contributed by atoms with Crippen LogP contribution in [0.15, 0.2) is 54.9 Å². The Morgan fingerprint density at radius 1 is 0.933 bits per heavy atom. The van der Waals surface area contributed by atoms with Crippen LogP contribution in [0.1, 0.15) is 10.4 Å². The molecule has 0 N–H and O–H groups in total. The van der Waals surface area contributed by atoms with Gasteiger partial charge in [0.25, 0.3) is 5.91 Å². The van der Waals surface area contributed by atoms with Crippen molar-refractivity contribution >= 4 is 28.5 Å². The number of rotatable bonds is 3. The summed E-state index contributed by atoms with van der Waals surface area (Å²) in [5.74, 6) is 0.0586. The Labute approximate surface area is 175 Å². The smallest absolute Gasteiger partial charge is 0.253 e. The number of amides is 2. The maximum absolute atomic E-state index is 12.9. The van der Waals surface area contributed by atoms with Crippen LogP contribution in [0.3, 0.4) is 0 Å². The fourth-order valence-corrected chi connectivity index (χ4v) is 4.33. The van der Waals surface area contributed by atoms with Crippen LogP contribution < -0.4 is 4.90 Å². The SMILES string of the molecule is Cn1cnc2cc(C(=O)N3CC(C(=O)N4CCN(c5ccccc5)CC4)C3)ccc21. The summed E-state index contributed by atoms with van der Waals surface area (Å²) >= 11 is 0. The highest BCUT2D eigenvalue weighted by Gasteiger charge is 2.38. The monoisotopic (exact) mass is 403 g/mol. The largest absolute Gasteiger partial charge is 0.368 e. The Kier molecular flexibility index (Phi) is 4.65. The Hall–Kier alpha value is -3.35. The molecule has 2 aliphatic heterocycles. The first-order valence-electron chi connectivity index (χ1n) is 10.4. The molecule has 0 bridgehead atoms. The van der Waals surface area contributed by atoms with E-state index in [0.29, 0.717) is 18.7 Å². The van der Waals surface area contributed by atoms with Gasteiger partial charge in [0.1, 0.15) is 0 Å².